The van der Waals surface area contributed by atoms with Crippen molar-refractivity contribution < 1.29 is 4.79 Å². The molecule has 1 saturated carbocycles. The molecule has 6 rings (SSSR count). The molecular weight excluding hydrogens is 410 g/mol. The third kappa shape index (κ3) is 3.35. The molecule has 6 heteroatoms. The molecule has 4 aromatic rings. The van der Waals surface area contributed by atoms with Crippen LogP contribution < -0.4 is 5.73 Å². The molecule has 0 spiro atoms. The number of hydrogen-bond donors (Lipinski definition) is 1. The van der Waals surface area contributed by atoms with E-state index in [1.807, 2.05) is 17.9 Å². The molecule has 0 bridgehead atoms. The number of carbonyl (C=O) groups is 1. The summed E-state index contributed by atoms with van der Waals surface area (Å²) in [4.78, 5) is 20.1. The van der Waals surface area contributed by atoms with Crippen LogP contribution >= 0.6 is 0 Å². The number of para-hydroxylation sites is 1. The number of nitrogens with zero attached hydrogens (tertiary/aromatic N) is 4. The minimum atomic E-state index is -0.0301. The van der Waals surface area contributed by atoms with E-state index in [1.165, 1.54) is 29.3 Å². The molecule has 3 heterocycles. The number of benzene rings is 2. The number of hydrogen-bond acceptors (Lipinski definition) is 3. The Morgan fingerprint density at radius 2 is 2.03 bits per heavy atom. The maximum Gasteiger partial charge on any atom is 0.254 e. The fraction of sp³-hybridized carbons (Fsp3) is 0.407. The zero-order valence-corrected chi connectivity index (χ0v) is 19.6. The summed E-state index contributed by atoms with van der Waals surface area (Å²) in [5.41, 5.74) is 13.6. The minimum Gasteiger partial charge on any atom is -0.337 e. The van der Waals surface area contributed by atoms with E-state index in [0.717, 1.165) is 59.1 Å². The molecule has 0 radical (unpaired) electrons. The Balaban J connectivity index is 1.50. The average molecular weight is 442 g/mol. The van der Waals surface area contributed by atoms with Crippen LogP contribution in [-0.2, 0) is 20.0 Å². The minimum absolute atomic E-state index is 0.0301. The molecule has 2 aliphatic rings. The second-order valence-electron chi connectivity index (χ2n) is 10.1. The fourth-order valence-electron chi connectivity index (χ4n) is 5.41. The van der Waals surface area contributed by atoms with Crippen LogP contribution in [0.3, 0.4) is 0 Å². The standard InChI is InChI=1S/C27H31N5O/c1-16-5-4-6-20-12-24(32(25(16)20)15-18-7-8-18)26-29-22-13-21-19(11-23(22)30(26)3)9-10-31(27(21)33)14-17(2)28/h4-6,11-13,17-18H,7-10,14-15,28H2,1-3H3/t17-/m1/s1. The van der Waals surface area contributed by atoms with Gasteiger partial charge in [0.15, 0.2) is 5.82 Å². The summed E-state index contributed by atoms with van der Waals surface area (Å²) < 4.78 is 4.67. The van der Waals surface area contributed by atoms with Crippen molar-refractivity contribution in [3.8, 4) is 11.5 Å². The van der Waals surface area contributed by atoms with Crippen LogP contribution in [0.25, 0.3) is 33.5 Å². The van der Waals surface area contributed by atoms with Gasteiger partial charge in [-0.2, -0.15) is 0 Å². The van der Waals surface area contributed by atoms with Crippen LogP contribution in [0.15, 0.2) is 36.4 Å². The van der Waals surface area contributed by atoms with Gasteiger partial charge in [-0.1, -0.05) is 18.2 Å². The molecule has 0 saturated heterocycles. The van der Waals surface area contributed by atoms with E-state index < -0.39 is 0 Å². The van der Waals surface area contributed by atoms with Crippen molar-refractivity contribution in [3.05, 3.63) is 53.1 Å². The molecule has 0 unspecified atom stereocenters. The van der Waals surface area contributed by atoms with Gasteiger partial charge >= 0.3 is 0 Å². The first-order valence-electron chi connectivity index (χ1n) is 12.0. The van der Waals surface area contributed by atoms with Crippen molar-refractivity contribution in [3.63, 3.8) is 0 Å². The number of imidazole rings is 1. The van der Waals surface area contributed by atoms with E-state index in [1.54, 1.807) is 0 Å². The Bertz CT molecular complexity index is 1410. The first-order valence-corrected chi connectivity index (χ1v) is 12.0. The second kappa shape index (κ2) is 7.45. The van der Waals surface area contributed by atoms with Gasteiger partial charge in [0.1, 0.15) is 0 Å². The van der Waals surface area contributed by atoms with Crippen LogP contribution in [-0.4, -0.2) is 44.1 Å². The van der Waals surface area contributed by atoms with Crippen molar-refractivity contribution in [1.82, 2.24) is 19.0 Å². The molecule has 2 N–H and O–H groups in total. The Hall–Kier alpha value is -3.12. The SMILES string of the molecule is Cc1cccc2cc(-c3nc4cc5c(cc4n3C)CCN(C[C@@H](C)N)C5=O)n(CC3CC3)c12. The van der Waals surface area contributed by atoms with E-state index in [2.05, 4.69) is 53.4 Å². The molecule has 1 aliphatic heterocycles. The maximum absolute atomic E-state index is 13.1. The number of aromatic nitrogens is 3. The highest BCUT2D eigenvalue weighted by Crippen LogP contribution is 2.37. The molecule has 1 atom stereocenters. The zero-order valence-electron chi connectivity index (χ0n) is 19.6. The van der Waals surface area contributed by atoms with Gasteiger partial charge in [-0.3, -0.25) is 4.79 Å². The molecular formula is C27H31N5O. The van der Waals surface area contributed by atoms with Crippen LogP contribution in [0.1, 0.15) is 41.3 Å². The summed E-state index contributed by atoms with van der Waals surface area (Å²) in [5.74, 6) is 1.79. The summed E-state index contributed by atoms with van der Waals surface area (Å²) in [6, 6.07) is 12.9. The average Bonchev–Trinajstić information content (AvgIpc) is 3.44. The highest BCUT2D eigenvalue weighted by atomic mass is 16.2. The van der Waals surface area contributed by atoms with Crippen molar-refractivity contribution >= 4 is 27.8 Å². The number of fused-ring (bicyclic) bond motifs is 3. The van der Waals surface area contributed by atoms with Gasteiger partial charge < -0.3 is 19.8 Å². The quantitative estimate of drug-likeness (QED) is 0.503. The van der Waals surface area contributed by atoms with E-state index in [9.17, 15) is 4.79 Å². The van der Waals surface area contributed by atoms with Gasteiger partial charge in [0.2, 0.25) is 0 Å². The van der Waals surface area contributed by atoms with E-state index in [-0.39, 0.29) is 11.9 Å². The Labute approximate surface area is 194 Å². The lowest BCUT2D eigenvalue weighted by molar-refractivity contribution is 0.0732. The number of rotatable bonds is 5. The molecule has 33 heavy (non-hydrogen) atoms. The van der Waals surface area contributed by atoms with E-state index in [4.69, 9.17) is 10.7 Å². The third-order valence-corrected chi connectivity index (χ3v) is 7.27. The predicted molar refractivity (Wildman–Crippen MR) is 132 cm³/mol. The lowest BCUT2D eigenvalue weighted by Gasteiger charge is -2.29. The lowest BCUT2D eigenvalue weighted by Crippen LogP contribution is -2.43. The monoisotopic (exact) mass is 441 g/mol. The second-order valence-corrected chi connectivity index (χ2v) is 10.1. The molecule has 170 valence electrons. The number of amides is 1. The van der Waals surface area contributed by atoms with Crippen molar-refractivity contribution in [1.29, 1.82) is 0 Å². The normalized spacial score (nSPS) is 17.2. The fourth-order valence-corrected chi connectivity index (χ4v) is 5.41. The summed E-state index contributed by atoms with van der Waals surface area (Å²) in [7, 11) is 2.09. The van der Waals surface area contributed by atoms with Crippen LogP contribution in [0.5, 0.6) is 0 Å². The summed E-state index contributed by atoms with van der Waals surface area (Å²) >= 11 is 0. The van der Waals surface area contributed by atoms with E-state index in [0.29, 0.717) is 6.54 Å². The third-order valence-electron chi connectivity index (χ3n) is 7.27. The van der Waals surface area contributed by atoms with E-state index >= 15 is 0 Å². The van der Waals surface area contributed by atoms with Crippen molar-refractivity contribution in [2.45, 2.75) is 45.7 Å². The first-order chi connectivity index (χ1) is 15.9. The molecule has 1 fully saturated rings. The zero-order chi connectivity index (χ0) is 22.9. The van der Waals surface area contributed by atoms with Gasteiger partial charge in [0.25, 0.3) is 5.91 Å². The first kappa shape index (κ1) is 20.5. The van der Waals surface area contributed by atoms with Gasteiger partial charge in [0.05, 0.1) is 22.2 Å². The Morgan fingerprint density at radius 3 is 2.79 bits per heavy atom. The van der Waals surface area contributed by atoms with Crippen LogP contribution in [0.2, 0.25) is 0 Å². The maximum atomic E-state index is 13.1. The summed E-state index contributed by atoms with van der Waals surface area (Å²) in [5, 5.41) is 1.26. The smallest absolute Gasteiger partial charge is 0.254 e. The van der Waals surface area contributed by atoms with Gasteiger partial charge in [0, 0.05) is 43.7 Å². The van der Waals surface area contributed by atoms with Crippen molar-refractivity contribution in [2.75, 3.05) is 13.1 Å². The highest BCUT2D eigenvalue weighted by molar-refractivity contribution is 6.00. The number of nitrogens with two attached hydrogens (primary N) is 1. The molecule has 1 amide bonds. The summed E-state index contributed by atoms with van der Waals surface area (Å²) in [6.45, 7) is 6.48. The molecule has 1 aliphatic carbocycles. The highest BCUT2D eigenvalue weighted by Gasteiger charge is 2.28. The predicted octanol–water partition coefficient (Wildman–Crippen LogP) is 4.26. The van der Waals surface area contributed by atoms with Gasteiger partial charge in [-0.05, 0) is 68.4 Å². The Kier molecular flexibility index (Phi) is 4.63. The van der Waals surface area contributed by atoms with Gasteiger partial charge in [-0.15, -0.1) is 0 Å². The van der Waals surface area contributed by atoms with Crippen LogP contribution in [0, 0.1) is 12.8 Å². The Morgan fingerprint density at radius 1 is 1.21 bits per heavy atom. The summed E-state index contributed by atoms with van der Waals surface area (Å²) in [6.07, 6.45) is 3.46. The number of carbonyl (C=O) groups excluding carboxylic acids is 1. The molecule has 6 nitrogen and oxygen atoms in total. The number of aryl methyl sites for hydroxylation is 2. The molecule has 2 aromatic heterocycles. The van der Waals surface area contributed by atoms with Gasteiger partial charge in [-0.25, -0.2) is 4.98 Å². The lowest BCUT2D eigenvalue weighted by atomic mass is 9.97. The molecule has 2 aromatic carbocycles. The van der Waals surface area contributed by atoms with Crippen molar-refractivity contribution in [2.24, 2.45) is 18.7 Å². The topological polar surface area (TPSA) is 69.1 Å². The van der Waals surface area contributed by atoms with Crippen LogP contribution in [0.4, 0.5) is 0 Å². The largest absolute Gasteiger partial charge is 0.337 e.